The second-order valence-corrected chi connectivity index (χ2v) is 0.179. The molecule has 0 aliphatic rings. The molecule has 0 amide bonds. The monoisotopic (exact) mass is 84.0 g/mol. The summed E-state index contributed by atoms with van der Waals surface area (Å²) >= 11 is 0. The highest BCUT2D eigenvalue weighted by Crippen LogP contribution is 1.29. The second kappa shape index (κ2) is 64.6. The third-order valence-corrected chi connectivity index (χ3v) is 0. The maximum atomic E-state index is 6.75. The molecule has 0 aromatic carbocycles. The van der Waals surface area contributed by atoms with Crippen molar-refractivity contribution in [3.63, 3.8) is 0 Å². The molecule has 0 aromatic rings. The van der Waals surface area contributed by atoms with Crippen LogP contribution in [0.1, 0.15) is 0 Å². The zero-order chi connectivity index (χ0) is 5.41. The number of nitrogens with zero attached hydrogens (tertiary/aromatic N) is 6. The van der Waals surface area contributed by atoms with Gasteiger partial charge in [-0.15, -0.1) is 0 Å². The molecule has 6 nitrogen and oxygen atoms in total. The van der Waals surface area contributed by atoms with Crippen LogP contribution in [-0.2, 0) is 0 Å². The van der Waals surface area contributed by atoms with E-state index in [0.29, 0.717) is 0 Å². The van der Waals surface area contributed by atoms with Gasteiger partial charge in [0, 0.05) is 0 Å². The Hall–Kier alpha value is -1.38. The van der Waals surface area contributed by atoms with Crippen LogP contribution in [0.5, 0.6) is 0 Å². The molecule has 0 atom stereocenters. The molecule has 32 valence electrons. The predicted octanol–water partition coefficient (Wildman–Crippen LogP) is 1.73. The van der Waals surface area contributed by atoms with E-state index in [9.17, 15) is 0 Å². The first-order valence-electron chi connectivity index (χ1n) is 0.800. The third-order valence-electron chi connectivity index (χ3n) is 0. The highest BCUT2D eigenvalue weighted by atomic mass is 15.0. The van der Waals surface area contributed by atoms with Crippen molar-refractivity contribution in [1.82, 2.24) is 0 Å². The Kier molecular flexibility index (Phi) is 95.0. The average Bonchev–Trinajstić information content (AvgIpc) is 1.39. The Morgan fingerprint density at radius 2 is 0.667 bits per heavy atom. The van der Waals surface area contributed by atoms with E-state index in [2.05, 4.69) is 0 Å². The van der Waals surface area contributed by atoms with Crippen molar-refractivity contribution < 1.29 is 0 Å². The maximum absolute atomic E-state index is 6.75. The zero-order valence-electron chi connectivity index (χ0n) is 2.68. The Labute approximate surface area is 33.2 Å². The summed E-state index contributed by atoms with van der Waals surface area (Å²) in [5, 5.41) is 0. The first-order valence-corrected chi connectivity index (χ1v) is 0.800. The van der Waals surface area contributed by atoms with Crippen molar-refractivity contribution in [2.75, 3.05) is 0 Å². The van der Waals surface area contributed by atoms with Crippen LogP contribution in [0.15, 0.2) is 0 Å². The molecule has 0 rings (SSSR count). The van der Waals surface area contributed by atoms with Gasteiger partial charge in [0.2, 0.25) is 0 Å². The van der Waals surface area contributed by atoms with Crippen molar-refractivity contribution in [3.8, 4) is 0 Å². The maximum Gasteiger partial charge on any atom is -0.255 e. The van der Waals surface area contributed by atoms with E-state index in [1.54, 1.807) is 0 Å². The fraction of sp³-hybridized carbons (Fsp3) is 0. The van der Waals surface area contributed by atoms with Crippen LogP contribution >= 0.6 is 0 Å². The molecule has 0 saturated carbocycles. The first kappa shape index (κ1) is 8.82. The Morgan fingerprint density at radius 3 is 0.667 bits per heavy atom. The van der Waals surface area contributed by atoms with Crippen LogP contribution < -0.4 is 0 Å². The quantitative estimate of drug-likeness (QED) is 0.241. The lowest BCUT2D eigenvalue weighted by Gasteiger charge is -1.32. The Morgan fingerprint density at radius 1 is 0.667 bits per heavy atom. The molecule has 0 radical (unpaired) electrons. The first-order chi connectivity index (χ1) is 2.83. The molecule has 0 saturated heterocycles. The van der Waals surface area contributed by atoms with Crippen molar-refractivity contribution in [1.29, 1.82) is 0 Å². The molecule has 0 aromatic heterocycles. The minimum atomic E-state index is 1.50. The molecule has 0 spiro atoms. The van der Waals surface area contributed by atoms with Crippen LogP contribution in [-0.4, -0.2) is 0 Å². The molecule has 0 fully saturated rings. The predicted molar refractivity (Wildman–Crippen MR) is 20.2 cm³/mol. The molecule has 0 bridgehead atoms. The van der Waals surface area contributed by atoms with Gasteiger partial charge in [0.15, 0.2) is 0 Å². The second-order valence-electron chi connectivity index (χ2n) is 0.179. The number of rotatable bonds is 0. The topological polar surface area (TPSA) is 117 Å². The van der Waals surface area contributed by atoms with Gasteiger partial charge >= 0.3 is 0 Å². The molecule has 6 heteroatoms. The normalized spacial score (nSPS) is 2.67. The van der Waals surface area contributed by atoms with Crippen LogP contribution in [0.2, 0.25) is 0 Å². The summed E-state index contributed by atoms with van der Waals surface area (Å²) in [5.41, 5.74) is 27.0. The molecule has 6 heavy (non-hydrogen) atoms. The van der Waals surface area contributed by atoms with Gasteiger partial charge in [0.05, 0.1) is 0 Å². The molecule has 0 aliphatic carbocycles. The summed E-state index contributed by atoms with van der Waals surface area (Å²) in [7, 11) is 0. The largest absolute Gasteiger partial charge is 0.373 e. The highest BCUT2D eigenvalue weighted by molar-refractivity contribution is 4.36. The summed E-state index contributed by atoms with van der Waals surface area (Å²) in [5.74, 6) is 0. The van der Waals surface area contributed by atoms with Crippen molar-refractivity contribution >= 4 is 0 Å². The van der Waals surface area contributed by atoms with Gasteiger partial charge in [-0.05, 0) is 0 Å². The van der Waals surface area contributed by atoms with Gasteiger partial charge in [-0.2, -0.15) is 0 Å². The van der Waals surface area contributed by atoms with Gasteiger partial charge in [0.1, 0.15) is 0 Å². The molecular formula is N6-2. The van der Waals surface area contributed by atoms with Crippen molar-refractivity contribution in [2.24, 2.45) is 0 Å². The number of hydrogen-bond donors (Lipinski definition) is 0. The smallest absolute Gasteiger partial charge is 0.255 e. The van der Waals surface area contributed by atoms with Gasteiger partial charge in [-0.3, -0.25) is 9.82 Å². The fourth-order valence-corrected chi connectivity index (χ4v) is 0. The van der Waals surface area contributed by atoms with E-state index in [1.165, 1.54) is 9.82 Å². The van der Waals surface area contributed by atoms with Crippen LogP contribution in [0, 0.1) is 0 Å². The van der Waals surface area contributed by atoms with E-state index in [-0.39, 0.29) is 0 Å². The van der Waals surface area contributed by atoms with E-state index >= 15 is 0 Å². The van der Waals surface area contributed by atoms with E-state index in [4.69, 9.17) is 22.1 Å². The van der Waals surface area contributed by atoms with Gasteiger partial charge < -0.3 is 22.1 Å². The lowest BCUT2D eigenvalue weighted by molar-refractivity contribution is 2.36. The third kappa shape index (κ3) is 3.61. The summed E-state index contributed by atoms with van der Waals surface area (Å²) in [4.78, 5) is 3.00. The van der Waals surface area contributed by atoms with Crippen LogP contribution in [0.4, 0.5) is 0 Å². The average molecular weight is 84.0 g/mol. The van der Waals surface area contributed by atoms with E-state index < -0.39 is 0 Å². The van der Waals surface area contributed by atoms with E-state index in [0.717, 1.165) is 0 Å². The molecular weight excluding hydrogens is 84.0 g/mol. The zero-order valence-corrected chi connectivity index (χ0v) is 2.68. The Bertz CT molecular complexity index is 54.0. The van der Waals surface area contributed by atoms with Crippen LogP contribution in [0.3, 0.4) is 0 Å². The van der Waals surface area contributed by atoms with Crippen molar-refractivity contribution in [3.05, 3.63) is 31.9 Å². The molecule has 0 heterocycles. The molecule has 0 N–H and O–H groups in total. The lowest BCUT2D eigenvalue weighted by atomic mass is 13.0. The molecule has 0 unspecified atom stereocenters. The fourth-order valence-electron chi connectivity index (χ4n) is 0. The van der Waals surface area contributed by atoms with Crippen molar-refractivity contribution in [2.45, 2.75) is 0 Å². The summed E-state index contributed by atoms with van der Waals surface area (Å²) in [6, 6.07) is 0. The summed E-state index contributed by atoms with van der Waals surface area (Å²) in [6.07, 6.45) is 0. The highest BCUT2D eigenvalue weighted by Gasteiger charge is 0.691. The number of hydrogen-bond acceptors (Lipinski definition) is 0. The van der Waals surface area contributed by atoms with Gasteiger partial charge in [-0.25, -0.2) is 0 Å². The summed E-state index contributed by atoms with van der Waals surface area (Å²) in [6.45, 7) is 0. The molecule has 0 aliphatic heterocycles. The minimum absolute atomic E-state index is 1.50. The van der Waals surface area contributed by atoms with Gasteiger partial charge in [-0.1, -0.05) is 0 Å². The van der Waals surface area contributed by atoms with E-state index in [1.807, 2.05) is 0 Å². The lowest BCUT2D eigenvalue weighted by Crippen LogP contribution is -0.711. The van der Waals surface area contributed by atoms with Crippen LogP contribution in [0.25, 0.3) is 31.9 Å². The van der Waals surface area contributed by atoms with Gasteiger partial charge in [0.25, 0.3) is 0 Å². The SMILES string of the molecule is [N-]=[N+]=[N-].[N-]=[N+]=[N-]. The standard InChI is InChI=1S/2N3/c2*1-3-2/q2*-1. The Balaban J connectivity index is 0. The summed E-state index contributed by atoms with van der Waals surface area (Å²) < 4.78 is 0. The minimum Gasteiger partial charge on any atom is -0.373 e.